The molecule has 0 amide bonds. The average molecular weight is 381 g/mol. The van der Waals surface area contributed by atoms with Crippen molar-refractivity contribution in [3.63, 3.8) is 0 Å². The highest BCUT2D eigenvalue weighted by atomic mass is 16.4. The lowest BCUT2D eigenvalue weighted by Crippen LogP contribution is -2.09. The number of nitrogens with zero attached hydrogens (tertiary/aromatic N) is 2. The maximum Gasteiger partial charge on any atom is 0.414 e. The van der Waals surface area contributed by atoms with Gasteiger partial charge in [-0.3, -0.25) is 0 Å². The average Bonchev–Trinajstić information content (AvgIpc) is 3.02. The van der Waals surface area contributed by atoms with Crippen LogP contribution in [-0.4, -0.2) is 31.7 Å². The zero-order valence-corrected chi connectivity index (χ0v) is 16.0. The van der Waals surface area contributed by atoms with E-state index in [2.05, 4.69) is 77.2 Å². The largest absolute Gasteiger partial charge is 0.473 e. The van der Waals surface area contributed by atoms with Crippen molar-refractivity contribution in [3.8, 4) is 11.3 Å². The summed E-state index contributed by atoms with van der Waals surface area (Å²) >= 11 is 0. The zero-order chi connectivity index (χ0) is 20.7. The second kappa shape index (κ2) is 9.36. The normalized spacial score (nSPS) is 9.96. The predicted molar refractivity (Wildman–Crippen MR) is 107 cm³/mol. The van der Waals surface area contributed by atoms with Gasteiger partial charge in [-0.25, -0.2) is 14.6 Å². The van der Waals surface area contributed by atoms with Crippen molar-refractivity contribution >= 4 is 17.9 Å². The summed E-state index contributed by atoms with van der Waals surface area (Å²) in [5.41, 5.74) is 6.11. The molecule has 0 unspecified atom stereocenters. The first-order chi connectivity index (χ1) is 13.3. The molecule has 146 valence electrons. The first-order valence-electron chi connectivity index (χ1n) is 8.62. The number of hydrogen-bond acceptors (Lipinski definition) is 4. The van der Waals surface area contributed by atoms with E-state index in [0.717, 1.165) is 18.2 Å². The Morgan fingerprint density at radius 3 is 2.21 bits per heavy atom. The molecule has 3 N–H and O–H groups in total. The predicted octanol–water partition coefficient (Wildman–Crippen LogP) is 3.47. The third kappa shape index (κ3) is 5.70. The maximum atomic E-state index is 9.10. The van der Waals surface area contributed by atoms with Crippen molar-refractivity contribution < 1.29 is 19.8 Å². The molecule has 3 aromatic rings. The lowest BCUT2D eigenvalue weighted by Gasteiger charge is -2.09. The van der Waals surface area contributed by atoms with Crippen LogP contribution in [0.5, 0.6) is 0 Å². The van der Waals surface area contributed by atoms with E-state index < -0.39 is 11.9 Å². The number of anilines is 1. The van der Waals surface area contributed by atoms with E-state index in [-0.39, 0.29) is 0 Å². The van der Waals surface area contributed by atoms with Crippen molar-refractivity contribution in [1.82, 2.24) is 9.55 Å². The third-order valence-corrected chi connectivity index (χ3v) is 4.05. The topological polar surface area (TPSA) is 104 Å². The van der Waals surface area contributed by atoms with Gasteiger partial charge in [0.05, 0.1) is 11.9 Å². The monoisotopic (exact) mass is 381 g/mol. The molecule has 1 aromatic heterocycles. The van der Waals surface area contributed by atoms with Crippen molar-refractivity contribution in [2.24, 2.45) is 7.05 Å². The molecule has 0 aliphatic carbocycles. The second-order valence-corrected chi connectivity index (χ2v) is 6.34. The number of hydrogen-bond donors (Lipinski definition) is 3. The van der Waals surface area contributed by atoms with Gasteiger partial charge in [0, 0.05) is 13.6 Å². The van der Waals surface area contributed by atoms with Crippen LogP contribution in [0.2, 0.25) is 0 Å². The first-order valence-corrected chi connectivity index (χ1v) is 8.62. The van der Waals surface area contributed by atoms with Crippen LogP contribution < -0.4 is 5.32 Å². The number of imidazole rings is 1. The van der Waals surface area contributed by atoms with Crippen LogP contribution in [0.15, 0.2) is 54.7 Å². The number of aliphatic carboxylic acids is 2. The van der Waals surface area contributed by atoms with Crippen LogP contribution in [0.25, 0.3) is 11.3 Å². The number of carboxylic acids is 2. The summed E-state index contributed by atoms with van der Waals surface area (Å²) in [7, 11) is 2.04. The van der Waals surface area contributed by atoms with Gasteiger partial charge in [0.1, 0.15) is 0 Å². The van der Waals surface area contributed by atoms with E-state index >= 15 is 0 Å². The van der Waals surface area contributed by atoms with Crippen LogP contribution in [0.3, 0.4) is 0 Å². The molecule has 28 heavy (non-hydrogen) atoms. The van der Waals surface area contributed by atoms with Crippen LogP contribution in [0.1, 0.15) is 16.7 Å². The molecule has 3 rings (SSSR count). The van der Waals surface area contributed by atoms with E-state index in [1.54, 1.807) is 0 Å². The van der Waals surface area contributed by atoms with E-state index in [0.29, 0.717) is 0 Å². The fraction of sp³-hybridized carbons (Fsp3) is 0.190. The molecule has 0 atom stereocenters. The van der Waals surface area contributed by atoms with Gasteiger partial charge in [0.15, 0.2) is 0 Å². The Morgan fingerprint density at radius 2 is 1.64 bits per heavy atom. The van der Waals surface area contributed by atoms with Crippen molar-refractivity contribution in [2.45, 2.75) is 20.4 Å². The van der Waals surface area contributed by atoms with E-state index in [9.17, 15) is 0 Å². The Balaban J connectivity index is 0.000000409. The lowest BCUT2D eigenvalue weighted by molar-refractivity contribution is -0.159. The maximum absolute atomic E-state index is 9.10. The molecule has 0 aliphatic rings. The summed E-state index contributed by atoms with van der Waals surface area (Å²) < 4.78 is 2.10. The molecule has 0 aliphatic heterocycles. The molecule has 0 fully saturated rings. The fourth-order valence-corrected chi connectivity index (χ4v) is 2.57. The molecule has 0 spiro atoms. The Hall–Kier alpha value is -3.61. The molecule has 1 heterocycles. The van der Waals surface area contributed by atoms with Gasteiger partial charge < -0.3 is 20.1 Å². The van der Waals surface area contributed by atoms with Gasteiger partial charge in [-0.1, -0.05) is 59.7 Å². The van der Waals surface area contributed by atoms with Crippen LogP contribution in [0.4, 0.5) is 5.95 Å². The van der Waals surface area contributed by atoms with Gasteiger partial charge in [-0.15, -0.1) is 0 Å². The molecule has 0 radical (unpaired) electrons. The minimum absolute atomic E-state index is 0.778. The summed E-state index contributed by atoms with van der Waals surface area (Å²) in [6.07, 6.45) is 1.92. The molecule has 7 heteroatoms. The minimum atomic E-state index is -1.82. The summed E-state index contributed by atoms with van der Waals surface area (Å²) in [4.78, 5) is 22.7. The standard InChI is InChI=1S/C19H21N3.C2H2O4/c1-14-7-9-17(10-8-14)18-13-21-19(22(18)3)20-12-16-6-4-5-15(2)11-16;3-1(4)2(5)6/h4-11,13H,12H2,1-3H3,(H,20,21);(H,3,4)(H,5,6). The smallest absolute Gasteiger partial charge is 0.414 e. The van der Waals surface area contributed by atoms with Crippen LogP contribution >= 0.6 is 0 Å². The quantitative estimate of drug-likeness (QED) is 0.598. The van der Waals surface area contributed by atoms with Gasteiger partial charge in [0.2, 0.25) is 5.95 Å². The molecular formula is C21H23N3O4. The number of aryl methyl sites for hydroxylation is 2. The summed E-state index contributed by atoms with van der Waals surface area (Å²) in [6.45, 7) is 4.99. The number of carboxylic acid groups (broad SMARTS) is 2. The van der Waals surface area contributed by atoms with Gasteiger partial charge in [0.25, 0.3) is 0 Å². The highest BCUT2D eigenvalue weighted by molar-refractivity contribution is 6.27. The van der Waals surface area contributed by atoms with Gasteiger partial charge in [-0.05, 0) is 25.0 Å². The third-order valence-electron chi connectivity index (χ3n) is 4.05. The molecule has 7 nitrogen and oxygen atoms in total. The Labute approximate surface area is 163 Å². The summed E-state index contributed by atoms with van der Waals surface area (Å²) in [6, 6.07) is 17.0. The second-order valence-electron chi connectivity index (χ2n) is 6.34. The first kappa shape index (κ1) is 20.7. The zero-order valence-electron chi connectivity index (χ0n) is 16.0. The number of carbonyl (C=O) groups is 2. The summed E-state index contributed by atoms with van der Waals surface area (Å²) in [5, 5.41) is 18.2. The Kier molecular flexibility index (Phi) is 6.92. The molecule has 0 saturated carbocycles. The Morgan fingerprint density at radius 1 is 1.00 bits per heavy atom. The minimum Gasteiger partial charge on any atom is -0.473 e. The molecular weight excluding hydrogens is 358 g/mol. The van der Waals surface area contributed by atoms with Crippen molar-refractivity contribution in [1.29, 1.82) is 0 Å². The van der Waals surface area contributed by atoms with Gasteiger partial charge >= 0.3 is 11.9 Å². The highest BCUT2D eigenvalue weighted by Crippen LogP contribution is 2.22. The number of nitrogens with one attached hydrogen (secondary N) is 1. The SMILES string of the molecule is Cc1ccc(-c2cnc(NCc3cccc(C)c3)n2C)cc1.O=C(O)C(=O)O. The molecule has 2 aromatic carbocycles. The van der Waals surface area contributed by atoms with Crippen LogP contribution in [-0.2, 0) is 23.2 Å². The van der Waals surface area contributed by atoms with Crippen molar-refractivity contribution in [2.75, 3.05) is 5.32 Å². The van der Waals surface area contributed by atoms with E-state index in [1.165, 1.54) is 22.3 Å². The van der Waals surface area contributed by atoms with E-state index in [4.69, 9.17) is 19.8 Å². The lowest BCUT2D eigenvalue weighted by atomic mass is 10.1. The van der Waals surface area contributed by atoms with E-state index in [1.807, 2.05) is 13.2 Å². The summed E-state index contributed by atoms with van der Waals surface area (Å²) in [5.74, 6) is -2.76. The number of benzene rings is 2. The fourth-order valence-electron chi connectivity index (χ4n) is 2.57. The van der Waals surface area contributed by atoms with Gasteiger partial charge in [-0.2, -0.15) is 0 Å². The molecule has 0 bridgehead atoms. The van der Waals surface area contributed by atoms with Crippen LogP contribution in [0, 0.1) is 13.8 Å². The number of rotatable bonds is 4. The highest BCUT2D eigenvalue weighted by Gasteiger charge is 2.08. The molecule has 0 saturated heterocycles. The Bertz CT molecular complexity index is 950. The van der Waals surface area contributed by atoms with Crippen molar-refractivity contribution in [3.05, 3.63) is 71.4 Å². The number of aromatic nitrogens is 2.